The highest BCUT2D eigenvalue weighted by atomic mass is 16.4. The molecule has 0 amide bonds. The topological polar surface area (TPSA) is 66.6 Å². The number of carbonyl (C=O) groups is 1. The van der Waals surface area contributed by atoms with Crippen molar-refractivity contribution in [1.82, 2.24) is 4.90 Å². The molecule has 1 aliphatic heterocycles. The molecule has 1 atom stereocenters. The molecule has 2 rings (SSSR count). The highest BCUT2D eigenvalue weighted by molar-refractivity contribution is 5.73. The van der Waals surface area contributed by atoms with E-state index in [1.54, 1.807) is 0 Å². The molecule has 1 aromatic carbocycles. The van der Waals surface area contributed by atoms with Gasteiger partial charge in [-0.15, -0.1) is 0 Å². The van der Waals surface area contributed by atoms with Crippen molar-refractivity contribution in [1.29, 1.82) is 0 Å². The van der Waals surface area contributed by atoms with Crippen LogP contribution in [0.25, 0.3) is 0 Å². The maximum absolute atomic E-state index is 10.7. The van der Waals surface area contributed by atoms with Crippen LogP contribution in [0.5, 0.6) is 0 Å². The number of likely N-dealkylation sites (tertiary alicyclic amines) is 1. The molecular weight excluding hydrogens is 264 g/mol. The minimum Gasteiger partial charge on any atom is -0.480 e. The molecule has 0 spiro atoms. The molecule has 0 bridgehead atoms. The third kappa shape index (κ3) is 5.48. The molecule has 0 aliphatic carbocycles. The van der Waals surface area contributed by atoms with Crippen LogP contribution in [0.1, 0.15) is 36.8 Å². The molecule has 4 nitrogen and oxygen atoms in total. The van der Waals surface area contributed by atoms with Crippen LogP contribution in [0.3, 0.4) is 0 Å². The number of carboxylic acids is 1. The fraction of sp³-hybridized carbons (Fsp3) is 0.588. The first-order valence-electron chi connectivity index (χ1n) is 7.94. The van der Waals surface area contributed by atoms with Gasteiger partial charge in [0.1, 0.15) is 6.04 Å². The number of aliphatic carboxylic acids is 1. The number of nitrogens with zero attached hydrogens (tertiary/aromatic N) is 1. The zero-order valence-electron chi connectivity index (χ0n) is 12.6. The van der Waals surface area contributed by atoms with Gasteiger partial charge in [0, 0.05) is 0 Å². The van der Waals surface area contributed by atoms with Gasteiger partial charge in [0.2, 0.25) is 0 Å². The summed E-state index contributed by atoms with van der Waals surface area (Å²) in [5.41, 5.74) is 7.85. The van der Waals surface area contributed by atoms with Gasteiger partial charge in [-0.25, -0.2) is 0 Å². The summed E-state index contributed by atoms with van der Waals surface area (Å²) in [5, 5.41) is 8.81. The Labute approximate surface area is 126 Å². The van der Waals surface area contributed by atoms with E-state index < -0.39 is 12.0 Å². The van der Waals surface area contributed by atoms with Crippen LogP contribution in [-0.4, -0.2) is 41.7 Å². The normalized spacial score (nSPS) is 17.6. The summed E-state index contributed by atoms with van der Waals surface area (Å²) in [6.45, 7) is 3.70. The molecule has 1 aliphatic rings. The van der Waals surface area contributed by atoms with Crippen molar-refractivity contribution >= 4 is 5.97 Å². The van der Waals surface area contributed by atoms with Gasteiger partial charge in [0.05, 0.1) is 0 Å². The third-order valence-corrected chi connectivity index (χ3v) is 4.18. The number of hydrogen-bond acceptors (Lipinski definition) is 3. The van der Waals surface area contributed by atoms with Crippen molar-refractivity contribution in [2.24, 2.45) is 5.73 Å². The predicted molar refractivity (Wildman–Crippen MR) is 84.4 cm³/mol. The molecule has 0 aromatic heterocycles. The average molecular weight is 290 g/mol. The van der Waals surface area contributed by atoms with Crippen molar-refractivity contribution < 1.29 is 9.90 Å². The summed E-state index contributed by atoms with van der Waals surface area (Å²) in [5.74, 6) is -0.944. The number of carboxylic acid groups (broad SMARTS) is 1. The molecule has 3 N–H and O–H groups in total. The Kier molecular flexibility index (Phi) is 6.21. The van der Waals surface area contributed by atoms with E-state index in [0.717, 1.165) is 12.0 Å². The molecule has 21 heavy (non-hydrogen) atoms. The minimum atomic E-state index is -0.944. The van der Waals surface area contributed by atoms with E-state index in [0.29, 0.717) is 6.42 Å². The first-order chi connectivity index (χ1) is 10.1. The second-order valence-corrected chi connectivity index (χ2v) is 5.97. The molecule has 1 heterocycles. The highest BCUT2D eigenvalue weighted by Crippen LogP contribution is 2.12. The monoisotopic (exact) mass is 290 g/mol. The Hall–Kier alpha value is -1.39. The Balaban J connectivity index is 1.73. The summed E-state index contributed by atoms with van der Waals surface area (Å²) < 4.78 is 0. The Bertz CT molecular complexity index is 439. The highest BCUT2D eigenvalue weighted by Gasteiger charge is 2.12. The summed E-state index contributed by atoms with van der Waals surface area (Å²) >= 11 is 0. The Morgan fingerprint density at radius 1 is 1.14 bits per heavy atom. The third-order valence-electron chi connectivity index (χ3n) is 4.18. The van der Waals surface area contributed by atoms with Crippen LogP contribution in [0.4, 0.5) is 0 Å². The van der Waals surface area contributed by atoms with Crippen molar-refractivity contribution in [3.05, 3.63) is 35.4 Å². The quantitative estimate of drug-likeness (QED) is 0.806. The van der Waals surface area contributed by atoms with Crippen LogP contribution in [0, 0.1) is 0 Å². The van der Waals surface area contributed by atoms with Crippen LogP contribution >= 0.6 is 0 Å². The SMILES string of the molecule is N[C@@H](Cc1ccc(CCCN2CCCCC2)cc1)C(=O)O. The van der Waals surface area contributed by atoms with Gasteiger partial charge in [0.15, 0.2) is 0 Å². The second kappa shape index (κ2) is 8.15. The lowest BCUT2D eigenvalue weighted by atomic mass is 10.0. The van der Waals surface area contributed by atoms with E-state index >= 15 is 0 Å². The van der Waals surface area contributed by atoms with Gasteiger partial charge in [-0.3, -0.25) is 4.79 Å². The van der Waals surface area contributed by atoms with Crippen molar-refractivity contribution in [3.63, 3.8) is 0 Å². The standard InChI is InChI=1S/C17H26N2O2/c18-16(17(20)21)13-15-8-6-14(7-9-15)5-4-12-19-10-2-1-3-11-19/h6-9,16H,1-5,10-13,18H2,(H,20,21)/t16-/m0/s1. The summed E-state index contributed by atoms with van der Waals surface area (Å²) in [7, 11) is 0. The fourth-order valence-corrected chi connectivity index (χ4v) is 2.87. The fourth-order valence-electron chi connectivity index (χ4n) is 2.87. The summed E-state index contributed by atoms with van der Waals surface area (Å²) in [4.78, 5) is 13.3. The van der Waals surface area contributed by atoms with Crippen molar-refractivity contribution in [2.45, 2.75) is 44.6 Å². The van der Waals surface area contributed by atoms with E-state index in [9.17, 15) is 4.79 Å². The van der Waals surface area contributed by atoms with Gasteiger partial charge in [-0.2, -0.15) is 0 Å². The molecule has 1 fully saturated rings. The maximum Gasteiger partial charge on any atom is 0.320 e. The van der Waals surface area contributed by atoms with Gasteiger partial charge >= 0.3 is 5.97 Å². The first-order valence-corrected chi connectivity index (χ1v) is 7.94. The number of rotatable bonds is 7. The van der Waals surface area contributed by atoms with Crippen LogP contribution in [0.2, 0.25) is 0 Å². The lowest BCUT2D eigenvalue weighted by Gasteiger charge is -2.26. The van der Waals surface area contributed by atoms with Crippen LogP contribution in [0.15, 0.2) is 24.3 Å². The van der Waals surface area contributed by atoms with E-state index in [1.165, 1.54) is 50.9 Å². The van der Waals surface area contributed by atoms with Crippen molar-refractivity contribution in [2.75, 3.05) is 19.6 Å². The number of aryl methyl sites for hydroxylation is 1. The van der Waals surface area contributed by atoms with E-state index in [-0.39, 0.29) is 0 Å². The van der Waals surface area contributed by atoms with Gasteiger partial charge in [-0.05, 0) is 62.9 Å². The zero-order chi connectivity index (χ0) is 15.1. The van der Waals surface area contributed by atoms with E-state index in [4.69, 9.17) is 10.8 Å². The molecular formula is C17H26N2O2. The average Bonchev–Trinajstić information content (AvgIpc) is 2.50. The first kappa shape index (κ1) is 16.0. The number of piperidine rings is 1. The van der Waals surface area contributed by atoms with E-state index in [2.05, 4.69) is 17.0 Å². The zero-order valence-corrected chi connectivity index (χ0v) is 12.6. The number of hydrogen-bond donors (Lipinski definition) is 2. The molecule has 1 saturated heterocycles. The lowest BCUT2D eigenvalue weighted by molar-refractivity contribution is -0.138. The largest absolute Gasteiger partial charge is 0.480 e. The summed E-state index contributed by atoms with van der Waals surface area (Å²) in [6.07, 6.45) is 6.74. The molecule has 116 valence electrons. The van der Waals surface area contributed by atoms with Crippen molar-refractivity contribution in [3.8, 4) is 0 Å². The molecule has 0 unspecified atom stereocenters. The Morgan fingerprint density at radius 3 is 2.38 bits per heavy atom. The maximum atomic E-state index is 10.7. The van der Waals surface area contributed by atoms with Gasteiger partial charge in [-0.1, -0.05) is 30.7 Å². The Morgan fingerprint density at radius 2 is 1.76 bits per heavy atom. The minimum absolute atomic E-state index is 0.392. The van der Waals surface area contributed by atoms with Crippen LogP contribution < -0.4 is 5.73 Å². The van der Waals surface area contributed by atoms with Crippen LogP contribution in [-0.2, 0) is 17.6 Å². The summed E-state index contributed by atoms with van der Waals surface area (Å²) in [6, 6.07) is 7.38. The molecule has 0 saturated carbocycles. The van der Waals surface area contributed by atoms with Gasteiger partial charge in [0.25, 0.3) is 0 Å². The lowest BCUT2D eigenvalue weighted by Crippen LogP contribution is -2.32. The van der Waals surface area contributed by atoms with E-state index in [1.807, 2.05) is 12.1 Å². The van der Waals surface area contributed by atoms with Gasteiger partial charge < -0.3 is 15.7 Å². The smallest absolute Gasteiger partial charge is 0.320 e. The molecule has 1 aromatic rings. The number of nitrogens with two attached hydrogens (primary N) is 1. The predicted octanol–water partition coefficient (Wildman–Crippen LogP) is 2.06. The molecule has 4 heteroatoms. The number of benzene rings is 1. The second-order valence-electron chi connectivity index (χ2n) is 5.97. The molecule has 0 radical (unpaired) electrons.